The van der Waals surface area contributed by atoms with Crippen LogP contribution >= 0.6 is 0 Å². The van der Waals surface area contributed by atoms with Crippen molar-refractivity contribution in [3.05, 3.63) is 29.8 Å². The van der Waals surface area contributed by atoms with E-state index in [1.807, 2.05) is 0 Å². The lowest BCUT2D eigenvalue weighted by Crippen LogP contribution is -2.25. The molecule has 0 radical (unpaired) electrons. The lowest BCUT2D eigenvalue weighted by Gasteiger charge is -2.21. The number of benzene rings is 1. The quantitative estimate of drug-likeness (QED) is 0.748. The van der Waals surface area contributed by atoms with E-state index in [0.717, 1.165) is 24.6 Å². The monoisotopic (exact) mass is 233 g/mol. The first kappa shape index (κ1) is 12.4. The molecule has 2 heteroatoms. The summed E-state index contributed by atoms with van der Waals surface area (Å²) in [6.07, 6.45) is 4.21. The van der Waals surface area contributed by atoms with Gasteiger partial charge in [0.2, 0.25) is 0 Å². The van der Waals surface area contributed by atoms with Crippen molar-refractivity contribution in [2.75, 3.05) is 20.6 Å². The van der Waals surface area contributed by atoms with Crippen molar-refractivity contribution in [1.29, 1.82) is 0 Å². The smallest absolute Gasteiger partial charge is 0.119 e. The summed E-state index contributed by atoms with van der Waals surface area (Å²) >= 11 is 0. The molecule has 0 N–H and O–H groups in total. The number of nitrogens with zero attached hydrogens (tertiary/aromatic N) is 1. The molecule has 1 saturated carbocycles. The lowest BCUT2D eigenvalue weighted by atomic mass is 10.1. The van der Waals surface area contributed by atoms with Gasteiger partial charge < -0.3 is 9.64 Å². The average Bonchev–Trinajstić information content (AvgIpc) is 3.07. The summed E-state index contributed by atoms with van der Waals surface area (Å²) in [5.74, 6) is 1.82. The summed E-state index contributed by atoms with van der Waals surface area (Å²) in [7, 11) is 4.24. The number of hydrogen-bond donors (Lipinski definition) is 0. The van der Waals surface area contributed by atoms with Crippen molar-refractivity contribution in [3.8, 4) is 5.75 Å². The van der Waals surface area contributed by atoms with Gasteiger partial charge in [0.25, 0.3) is 0 Å². The fourth-order valence-corrected chi connectivity index (χ4v) is 2.11. The fraction of sp³-hybridized carbons (Fsp3) is 0.600. The maximum absolute atomic E-state index is 6.14. The van der Waals surface area contributed by atoms with Crippen molar-refractivity contribution < 1.29 is 4.74 Å². The maximum atomic E-state index is 6.14. The van der Waals surface area contributed by atoms with Crippen molar-refractivity contribution >= 4 is 0 Å². The number of hydrogen-bond acceptors (Lipinski definition) is 2. The van der Waals surface area contributed by atoms with E-state index in [1.54, 1.807) is 0 Å². The number of rotatable bonds is 6. The Labute approximate surface area is 105 Å². The largest absolute Gasteiger partial charge is 0.490 e. The highest BCUT2D eigenvalue weighted by atomic mass is 16.5. The third-order valence-electron chi connectivity index (χ3n) is 3.29. The van der Waals surface area contributed by atoms with Crippen LogP contribution in [0, 0.1) is 12.8 Å². The third kappa shape index (κ3) is 4.04. The van der Waals surface area contributed by atoms with Crippen LogP contribution in [-0.4, -0.2) is 31.6 Å². The van der Waals surface area contributed by atoms with Gasteiger partial charge >= 0.3 is 0 Å². The Morgan fingerprint density at radius 1 is 1.35 bits per heavy atom. The van der Waals surface area contributed by atoms with Gasteiger partial charge in [-0.05, 0) is 63.9 Å². The topological polar surface area (TPSA) is 12.5 Å². The third-order valence-corrected chi connectivity index (χ3v) is 3.29. The van der Waals surface area contributed by atoms with Gasteiger partial charge in [-0.3, -0.25) is 0 Å². The van der Waals surface area contributed by atoms with Gasteiger partial charge in [0.15, 0.2) is 0 Å². The molecule has 2 rings (SSSR count). The number of ether oxygens (including phenoxy) is 1. The zero-order chi connectivity index (χ0) is 12.3. The van der Waals surface area contributed by atoms with Crippen LogP contribution in [-0.2, 0) is 0 Å². The van der Waals surface area contributed by atoms with Gasteiger partial charge in [0.05, 0.1) is 0 Å². The Bertz CT molecular complexity index is 358. The molecule has 1 aromatic carbocycles. The summed E-state index contributed by atoms with van der Waals surface area (Å²) in [5.41, 5.74) is 1.27. The second-order valence-corrected chi connectivity index (χ2v) is 5.40. The molecule has 0 heterocycles. The zero-order valence-electron chi connectivity index (χ0n) is 11.1. The van der Waals surface area contributed by atoms with Gasteiger partial charge in [-0.15, -0.1) is 0 Å². The molecular weight excluding hydrogens is 210 g/mol. The molecule has 17 heavy (non-hydrogen) atoms. The van der Waals surface area contributed by atoms with Crippen LogP contribution < -0.4 is 4.74 Å². The van der Waals surface area contributed by atoms with E-state index in [2.05, 4.69) is 50.2 Å². The first-order chi connectivity index (χ1) is 8.15. The lowest BCUT2D eigenvalue weighted by molar-refractivity contribution is 0.155. The van der Waals surface area contributed by atoms with Gasteiger partial charge in [-0.2, -0.15) is 0 Å². The van der Waals surface area contributed by atoms with Crippen molar-refractivity contribution in [3.63, 3.8) is 0 Å². The number of aryl methyl sites for hydroxylation is 1. The molecule has 1 aliphatic rings. The normalized spacial score (nSPS) is 17.2. The molecule has 2 nitrogen and oxygen atoms in total. The molecule has 1 unspecified atom stereocenters. The van der Waals surface area contributed by atoms with Gasteiger partial charge in [-0.1, -0.05) is 12.1 Å². The molecule has 0 spiro atoms. The van der Waals surface area contributed by atoms with E-state index in [1.165, 1.54) is 18.4 Å². The summed E-state index contributed by atoms with van der Waals surface area (Å²) in [4.78, 5) is 2.23. The van der Waals surface area contributed by atoms with Crippen LogP contribution in [0.25, 0.3) is 0 Å². The SMILES string of the molecule is Cc1cccc(OC(CCN(C)C)C2CC2)c1. The molecular formula is C15H23NO. The molecule has 0 aromatic heterocycles. The van der Waals surface area contributed by atoms with E-state index >= 15 is 0 Å². The molecule has 94 valence electrons. The van der Waals surface area contributed by atoms with E-state index in [4.69, 9.17) is 4.74 Å². The van der Waals surface area contributed by atoms with Gasteiger partial charge in [-0.25, -0.2) is 0 Å². The Balaban J connectivity index is 1.93. The summed E-state index contributed by atoms with van der Waals surface area (Å²) in [6, 6.07) is 8.38. The summed E-state index contributed by atoms with van der Waals surface area (Å²) < 4.78 is 6.14. The molecule has 0 aliphatic heterocycles. The van der Waals surface area contributed by atoms with E-state index in [-0.39, 0.29) is 0 Å². The van der Waals surface area contributed by atoms with Crippen molar-refractivity contribution in [2.45, 2.75) is 32.3 Å². The Kier molecular flexibility index (Phi) is 4.06. The summed E-state index contributed by atoms with van der Waals surface area (Å²) in [6.45, 7) is 3.21. The van der Waals surface area contributed by atoms with Crippen molar-refractivity contribution in [2.24, 2.45) is 5.92 Å². The molecule has 1 aliphatic carbocycles. The van der Waals surface area contributed by atoms with Crippen LogP contribution in [0.1, 0.15) is 24.8 Å². The highest BCUT2D eigenvalue weighted by Crippen LogP contribution is 2.36. The Morgan fingerprint density at radius 3 is 2.71 bits per heavy atom. The van der Waals surface area contributed by atoms with E-state index in [9.17, 15) is 0 Å². The van der Waals surface area contributed by atoms with Gasteiger partial charge in [0, 0.05) is 6.54 Å². The first-order valence-electron chi connectivity index (χ1n) is 6.53. The molecule has 1 aromatic rings. The first-order valence-corrected chi connectivity index (χ1v) is 6.53. The van der Waals surface area contributed by atoms with Crippen LogP contribution in [0.4, 0.5) is 0 Å². The standard InChI is InChI=1S/C15H23NO/c1-12-5-4-6-14(11-12)17-15(13-7-8-13)9-10-16(2)3/h4-6,11,13,15H,7-10H2,1-3H3. The van der Waals surface area contributed by atoms with Crippen LogP contribution in [0.5, 0.6) is 5.75 Å². The van der Waals surface area contributed by atoms with Crippen LogP contribution in [0.15, 0.2) is 24.3 Å². The Morgan fingerprint density at radius 2 is 2.12 bits per heavy atom. The van der Waals surface area contributed by atoms with Crippen LogP contribution in [0.2, 0.25) is 0 Å². The fourth-order valence-electron chi connectivity index (χ4n) is 2.11. The van der Waals surface area contributed by atoms with Crippen molar-refractivity contribution in [1.82, 2.24) is 4.90 Å². The van der Waals surface area contributed by atoms with E-state index < -0.39 is 0 Å². The minimum absolute atomic E-state index is 0.402. The molecule has 1 atom stereocenters. The van der Waals surface area contributed by atoms with E-state index in [0.29, 0.717) is 6.10 Å². The Hall–Kier alpha value is -1.02. The highest BCUT2D eigenvalue weighted by Gasteiger charge is 2.32. The second-order valence-electron chi connectivity index (χ2n) is 5.40. The zero-order valence-corrected chi connectivity index (χ0v) is 11.1. The highest BCUT2D eigenvalue weighted by molar-refractivity contribution is 5.27. The molecule has 0 saturated heterocycles. The summed E-state index contributed by atoms with van der Waals surface area (Å²) in [5, 5.41) is 0. The molecule has 0 bridgehead atoms. The van der Waals surface area contributed by atoms with Crippen LogP contribution in [0.3, 0.4) is 0 Å². The maximum Gasteiger partial charge on any atom is 0.119 e. The molecule has 1 fully saturated rings. The van der Waals surface area contributed by atoms with Gasteiger partial charge in [0.1, 0.15) is 11.9 Å². The predicted molar refractivity (Wildman–Crippen MR) is 71.5 cm³/mol. The molecule has 0 amide bonds. The average molecular weight is 233 g/mol. The second kappa shape index (κ2) is 5.54. The minimum atomic E-state index is 0.402. The predicted octanol–water partition coefficient (Wildman–Crippen LogP) is 3.10. The minimum Gasteiger partial charge on any atom is -0.490 e.